The smallest absolute Gasteiger partial charge is 0.181 e. The molecule has 1 N–H and O–H groups in total. The summed E-state index contributed by atoms with van der Waals surface area (Å²) in [6.45, 7) is 2.87. The normalized spacial score (nSPS) is 11.1. The highest BCUT2D eigenvalue weighted by Gasteiger charge is 2.06. The van der Waals surface area contributed by atoms with Gasteiger partial charge in [0.2, 0.25) is 0 Å². The molecule has 0 amide bonds. The molecule has 0 aliphatic rings. The number of H-pyrrole nitrogens is 1. The monoisotopic (exact) mass is 214 g/mol. The molecule has 3 rings (SSSR count). The second-order valence-corrected chi connectivity index (χ2v) is 3.42. The molecule has 0 spiro atoms. The molecule has 0 bridgehead atoms. The van der Waals surface area contributed by atoms with Crippen LogP contribution in [0.3, 0.4) is 0 Å². The van der Waals surface area contributed by atoms with Gasteiger partial charge in [0.15, 0.2) is 11.5 Å². The van der Waals surface area contributed by atoms with Crippen molar-refractivity contribution in [2.24, 2.45) is 0 Å². The Morgan fingerprint density at radius 1 is 1.31 bits per heavy atom. The largest absolute Gasteiger partial charge is 0.342 e. The molecular formula is C10H10N6. The number of aryl methyl sites for hydroxylation is 1. The third-order valence-corrected chi connectivity index (χ3v) is 2.39. The van der Waals surface area contributed by atoms with Crippen molar-refractivity contribution in [3.05, 3.63) is 24.9 Å². The van der Waals surface area contributed by atoms with Gasteiger partial charge < -0.3 is 4.98 Å². The van der Waals surface area contributed by atoms with Crippen LogP contribution in [0.2, 0.25) is 0 Å². The van der Waals surface area contributed by atoms with E-state index in [1.807, 2.05) is 17.8 Å². The molecule has 0 aliphatic carbocycles. The summed E-state index contributed by atoms with van der Waals surface area (Å²) in [6.07, 6.45) is 7.03. The summed E-state index contributed by atoms with van der Waals surface area (Å²) in [6, 6.07) is 0. The molecule has 0 saturated carbocycles. The fourth-order valence-corrected chi connectivity index (χ4v) is 1.53. The lowest BCUT2D eigenvalue weighted by Gasteiger charge is -1.94. The maximum Gasteiger partial charge on any atom is 0.181 e. The fraction of sp³-hybridized carbons (Fsp3) is 0.200. The highest BCUT2D eigenvalue weighted by Crippen LogP contribution is 2.15. The average Bonchev–Trinajstić information content (AvgIpc) is 2.96. The highest BCUT2D eigenvalue weighted by molar-refractivity contribution is 5.71. The quantitative estimate of drug-likeness (QED) is 0.696. The Hall–Kier alpha value is -2.24. The zero-order valence-corrected chi connectivity index (χ0v) is 8.75. The standard InChI is InChI=1S/C10H10N6/c1-2-16-5-7(3-14-16)9-11-4-8-10(15-9)13-6-12-8/h3-6H,2H2,1H3,(H,11,12,13,15). The summed E-state index contributed by atoms with van der Waals surface area (Å²) in [4.78, 5) is 15.7. The Morgan fingerprint density at radius 2 is 2.25 bits per heavy atom. The van der Waals surface area contributed by atoms with Crippen LogP contribution in [0.5, 0.6) is 0 Å². The van der Waals surface area contributed by atoms with Crippen LogP contribution in [0.15, 0.2) is 24.9 Å². The Kier molecular flexibility index (Phi) is 1.92. The Morgan fingerprint density at radius 3 is 3.06 bits per heavy atom. The Balaban J connectivity index is 2.10. The number of aromatic amines is 1. The van der Waals surface area contributed by atoms with E-state index in [2.05, 4.69) is 25.0 Å². The van der Waals surface area contributed by atoms with Crippen LogP contribution < -0.4 is 0 Å². The number of aromatic nitrogens is 6. The number of hydrogen-bond acceptors (Lipinski definition) is 4. The van der Waals surface area contributed by atoms with Crippen LogP contribution in [0, 0.1) is 0 Å². The van der Waals surface area contributed by atoms with Crippen molar-refractivity contribution in [3.63, 3.8) is 0 Å². The first-order chi connectivity index (χ1) is 7.86. The molecule has 6 heteroatoms. The molecule has 80 valence electrons. The van der Waals surface area contributed by atoms with E-state index in [1.54, 1.807) is 18.7 Å². The van der Waals surface area contributed by atoms with Crippen LogP contribution in [0.4, 0.5) is 0 Å². The summed E-state index contributed by atoms with van der Waals surface area (Å²) in [7, 11) is 0. The predicted octanol–water partition coefficient (Wildman–Crippen LogP) is 1.24. The SMILES string of the molecule is CCn1cc(-c2ncc3[nH]cnc3n2)cn1. The van der Waals surface area contributed by atoms with E-state index in [0.717, 1.165) is 17.6 Å². The average molecular weight is 214 g/mol. The maximum absolute atomic E-state index is 4.35. The first-order valence-corrected chi connectivity index (χ1v) is 5.06. The predicted molar refractivity (Wildman–Crippen MR) is 58.6 cm³/mol. The van der Waals surface area contributed by atoms with Crippen LogP contribution >= 0.6 is 0 Å². The van der Waals surface area contributed by atoms with Gasteiger partial charge in [0.05, 0.1) is 24.3 Å². The molecule has 16 heavy (non-hydrogen) atoms. The molecule has 0 fully saturated rings. The van der Waals surface area contributed by atoms with Gasteiger partial charge in [0.25, 0.3) is 0 Å². The van der Waals surface area contributed by atoms with Gasteiger partial charge in [-0.25, -0.2) is 15.0 Å². The molecule has 0 saturated heterocycles. The molecule has 3 heterocycles. The number of nitrogens with one attached hydrogen (secondary N) is 1. The minimum Gasteiger partial charge on any atom is -0.342 e. The number of hydrogen-bond donors (Lipinski definition) is 1. The van der Waals surface area contributed by atoms with Crippen LogP contribution in [0.25, 0.3) is 22.6 Å². The highest BCUT2D eigenvalue weighted by atomic mass is 15.3. The van der Waals surface area contributed by atoms with Gasteiger partial charge >= 0.3 is 0 Å². The zero-order valence-electron chi connectivity index (χ0n) is 8.75. The van der Waals surface area contributed by atoms with Crippen molar-refractivity contribution >= 4 is 11.2 Å². The minimum absolute atomic E-state index is 0.652. The molecule has 0 radical (unpaired) electrons. The van der Waals surface area contributed by atoms with Gasteiger partial charge in [0.1, 0.15) is 5.52 Å². The molecule has 6 nitrogen and oxygen atoms in total. The molecule has 3 aromatic rings. The lowest BCUT2D eigenvalue weighted by Crippen LogP contribution is -1.92. The van der Waals surface area contributed by atoms with E-state index in [4.69, 9.17) is 0 Å². The molecule has 0 atom stereocenters. The summed E-state index contributed by atoms with van der Waals surface area (Å²) in [5, 5.41) is 4.19. The molecule has 0 aliphatic heterocycles. The summed E-state index contributed by atoms with van der Waals surface area (Å²) < 4.78 is 1.84. The second-order valence-electron chi connectivity index (χ2n) is 3.42. The van der Waals surface area contributed by atoms with E-state index in [1.165, 1.54) is 0 Å². The van der Waals surface area contributed by atoms with Gasteiger partial charge in [-0.2, -0.15) is 5.10 Å². The van der Waals surface area contributed by atoms with Crippen molar-refractivity contribution in [3.8, 4) is 11.4 Å². The number of rotatable bonds is 2. The van der Waals surface area contributed by atoms with Gasteiger partial charge in [-0.15, -0.1) is 0 Å². The lowest BCUT2D eigenvalue weighted by atomic mass is 10.3. The van der Waals surface area contributed by atoms with Crippen molar-refractivity contribution in [2.45, 2.75) is 13.5 Å². The Labute approximate surface area is 91.4 Å². The van der Waals surface area contributed by atoms with Crippen molar-refractivity contribution < 1.29 is 0 Å². The summed E-state index contributed by atoms with van der Waals surface area (Å²) >= 11 is 0. The maximum atomic E-state index is 4.35. The fourth-order valence-electron chi connectivity index (χ4n) is 1.53. The molecule has 0 unspecified atom stereocenters. The van der Waals surface area contributed by atoms with E-state index in [0.29, 0.717) is 11.5 Å². The third-order valence-electron chi connectivity index (χ3n) is 2.39. The van der Waals surface area contributed by atoms with Gasteiger partial charge in [0, 0.05) is 12.7 Å². The molecule has 3 aromatic heterocycles. The van der Waals surface area contributed by atoms with E-state index in [9.17, 15) is 0 Å². The van der Waals surface area contributed by atoms with Gasteiger partial charge in [-0.1, -0.05) is 0 Å². The van der Waals surface area contributed by atoms with Gasteiger partial charge in [-0.3, -0.25) is 4.68 Å². The van der Waals surface area contributed by atoms with Gasteiger partial charge in [-0.05, 0) is 6.92 Å². The number of imidazole rings is 1. The third kappa shape index (κ3) is 1.35. The number of nitrogens with zero attached hydrogens (tertiary/aromatic N) is 5. The van der Waals surface area contributed by atoms with E-state index >= 15 is 0 Å². The summed E-state index contributed by atoms with van der Waals surface area (Å²) in [5.74, 6) is 0.652. The van der Waals surface area contributed by atoms with Crippen LogP contribution in [-0.4, -0.2) is 29.7 Å². The molecule has 0 aromatic carbocycles. The van der Waals surface area contributed by atoms with E-state index in [-0.39, 0.29) is 0 Å². The van der Waals surface area contributed by atoms with Crippen LogP contribution in [0.1, 0.15) is 6.92 Å². The second kappa shape index (κ2) is 3.41. The van der Waals surface area contributed by atoms with Crippen molar-refractivity contribution in [1.29, 1.82) is 0 Å². The first kappa shape index (κ1) is 9.02. The van der Waals surface area contributed by atoms with Crippen LogP contribution in [-0.2, 0) is 6.54 Å². The molecular weight excluding hydrogens is 204 g/mol. The minimum atomic E-state index is 0.652. The summed E-state index contributed by atoms with van der Waals surface area (Å²) in [5.41, 5.74) is 2.42. The zero-order chi connectivity index (χ0) is 11.0. The number of fused-ring (bicyclic) bond motifs is 1. The lowest BCUT2D eigenvalue weighted by molar-refractivity contribution is 0.660. The topological polar surface area (TPSA) is 72.3 Å². The van der Waals surface area contributed by atoms with E-state index < -0.39 is 0 Å². The first-order valence-electron chi connectivity index (χ1n) is 5.06. The van der Waals surface area contributed by atoms with Crippen molar-refractivity contribution in [2.75, 3.05) is 0 Å². The van der Waals surface area contributed by atoms with Crippen molar-refractivity contribution in [1.82, 2.24) is 29.7 Å². The Bertz CT molecular complexity index is 623.